The average molecular weight is 187 g/mol. The Hall–Kier alpha value is -1.26. The molecule has 1 unspecified atom stereocenters. The average Bonchev–Trinajstić information content (AvgIpc) is 2.47. The lowest BCUT2D eigenvalue weighted by Crippen LogP contribution is -2.50. The third-order valence-electron chi connectivity index (χ3n) is 2.50. The summed E-state index contributed by atoms with van der Waals surface area (Å²) in [4.78, 5) is 23.2. The number of likely N-dealkylation sites (tertiary alicyclic amines) is 1. The summed E-state index contributed by atoms with van der Waals surface area (Å²) in [5, 5.41) is 8.81. The van der Waals surface area contributed by atoms with Crippen LogP contribution in [0.1, 0.15) is 19.8 Å². The lowest BCUT2D eigenvalue weighted by atomic mass is 10.00. The number of nitrogens with zero attached hydrogens (tertiary/aromatic N) is 1. The molecule has 1 aliphatic heterocycles. The maximum Gasteiger partial charge on any atom is 0.408 e. The molecule has 13 heavy (non-hydrogen) atoms. The molecule has 1 amide bonds. The molecule has 0 spiro atoms. The second-order valence-electron chi connectivity index (χ2n) is 3.30. The lowest BCUT2D eigenvalue weighted by Gasteiger charge is -2.29. The van der Waals surface area contributed by atoms with Gasteiger partial charge in [-0.05, 0) is 19.8 Å². The summed E-state index contributed by atoms with van der Waals surface area (Å²) in [6.45, 7) is 2.00. The van der Waals surface area contributed by atoms with Crippen LogP contribution in [0.3, 0.4) is 0 Å². The van der Waals surface area contributed by atoms with E-state index in [1.807, 2.05) is 0 Å². The Morgan fingerprint density at radius 3 is 2.62 bits per heavy atom. The molecule has 5 heteroatoms. The van der Waals surface area contributed by atoms with Crippen molar-refractivity contribution in [2.24, 2.45) is 0 Å². The molecule has 5 nitrogen and oxygen atoms in total. The van der Waals surface area contributed by atoms with Crippen LogP contribution in [-0.2, 0) is 9.53 Å². The summed E-state index contributed by atoms with van der Waals surface area (Å²) in [6, 6.07) is 0. The Balaban J connectivity index is 2.87. The fraction of sp³-hybridized carbons (Fsp3) is 0.750. The van der Waals surface area contributed by atoms with E-state index in [0.717, 1.165) is 4.90 Å². The number of carboxylic acid groups (broad SMARTS) is 1. The summed E-state index contributed by atoms with van der Waals surface area (Å²) in [7, 11) is 1.27. The Morgan fingerprint density at radius 1 is 1.54 bits per heavy atom. The predicted octanol–water partition coefficient (Wildman–Crippen LogP) is 0.692. The van der Waals surface area contributed by atoms with Crippen LogP contribution in [0.5, 0.6) is 0 Å². The normalized spacial score (nSPS) is 27.4. The van der Waals surface area contributed by atoms with Crippen molar-refractivity contribution in [1.29, 1.82) is 0 Å². The van der Waals surface area contributed by atoms with Crippen LogP contribution in [0.4, 0.5) is 4.79 Å². The number of rotatable bonds is 1. The van der Waals surface area contributed by atoms with Gasteiger partial charge in [0.2, 0.25) is 0 Å². The van der Waals surface area contributed by atoms with Crippen molar-refractivity contribution in [2.75, 3.05) is 13.7 Å². The maximum atomic E-state index is 11.3. The molecule has 1 atom stereocenters. The van der Waals surface area contributed by atoms with Crippen molar-refractivity contribution in [3.05, 3.63) is 0 Å². The van der Waals surface area contributed by atoms with Gasteiger partial charge in [0.15, 0.2) is 0 Å². The van der Waals surface area contributed by atoms with E-state index in [-0.39, 0.29) is 0 Å². The van der Waals surface area contributed by atoms with E-state index in [4.69, 9.17) is 5.11 Å². The summed E-state index contributed by atoms with van der Waals surface area (Å²) in [5.41, 5.74) is -0.986. The van der Waals surface area contributed by atoms with Crippen LogP contribution in [0.25, 0.3) is 0 Å². The van der Waals surface area contributed by atoms with Gasteiger partial charge in [0.1, 0.15) is 5.54 Å². The molecule has 1 fully saturated rings. The summed E-state index contributed by atoms with van der Waals surface area (Å²) >= 11 is 0. The van der Waals surface area contributed by atoms with Crippen molar-refractivity contribution in [1.82, 2.24) is 4.90 Å². The van der Waals surface area contributed by atoms with Gasteiger partial charge in [-0.15, -0.1) is 0 Å². The Labute approximate surface area is 76.3 Å². The zero-order chi connectivity index (χ0) is 10.1. The smallest absolute Gasteiger partial charge is 0.408 e. The number of ether oxygens (including phenoxy) is 1. The van der Waals surface area contributed by atoms with E-state index >= 15 is 0 Å². The maximum absolute atomic E-state index is 11.3. The van der Waals surface area contributed by atoms with Crippen molar-refractivity contribution < 1.29 is 19.4 Å². The Morgan fingerprint density at radius 2 is 2.15 bits per heavy atom. The van der Waals surface area contributed by atoms with Crippen molar-refractivity contribution >= 4 is 12.1 Å². The molecule has 0 aromatic carbocycles. The van der Waals surface area contributed by atoms with Gasteiger partial charge in [0.25, 0.3) is 0 Å². The predicted molar refractivity (Wildman–Crippen MR) is 44.4 cm³/mol. The zero-order valence-electron chi connectivity index (χ0n) is 7.74. The minimum Gasteiger partial charge on any atom is -0.467 e. The molecule has 0 radical (unpaired) electrons. The zero-order valence-corrected chi connectivity index (χ0v) is 7.74. The number of carbonyl (C=O) groups excluding carboxylic acids is 1. The third-order valence-corrected chi connectivity index (χ3v) is 2.50. The molecule has 0 bridgehead atoms. The highest BCUT2D eigenvalue weighted by Gasteiger charge is 2.46. The van der Waals surface area contributed by atoms with Crippen LogP contribution in [0, 0.1) is 0 Å². The minimum absolute atomic E-state index is 0.404. The molecule has 0 saturated carbocycles. The number of amides is 1. The SMILES string of the molecule is COC(=O)C1(C)CCCN1C(=O)O. The Kier molecular flexibility index (Phi) is 2.45. The molecule has 0 aliphatic carbocycles. The van der Waals surface area contributed by atoms with E-state index in [1.165, 1.54) is 7.11 Å². The molecule has 1 N–H and O–H groups in total. The van der Waals surface area contributed by atoms with Crippen molar-refractivity contribution in [2.45, 2.75) is 25.3 Å². The second-order valence-corrected chi connectivity index (χ2v) is 3.30. The molecule has 1 rings (SSSR count). The highest BCUT2D eigenvalue weighted by Crippen LogP contribution is 2.29. The van der Waals surface area contributed by atoms with E-state index in [0.29, 0.717) is 19.4 Å². The number of hydrogen-bond donors (Lipinski definition) is 1. The van der Waals surface area contributed by atoms with Gasteiger partial charge in [0.05, 0.1) is 7.11 Å². The highest BCUT2D eigenvalue weighted by atomic mass is 16.5. The van der Waals surface area contributed by atoms with Gasteiger partial charge in [-0.25, -0.2) is 9.59 Å². The fourth-order valence-corrected chi connectivity index (χ4v) is 1.70. The van der Waals surface area contributed by atoms with Crippen LogP contribution in [-0.4, -0.2) is 41.3 Å². The molecular formula is C8H13NO4. The first kappa shape index (κ1) is 9.83. The largest absolute Gasteiger partial charge is 0.467 e. The lowest BCUT2D eigenvalue weighted by molar-refractivity contribution is -0.151. The molecular weight excluding hydrogens is 174 g/mol. The molecule has 1 heterocycles. The Bertz CT molecular complexity index is 240. The number of hydrogen-bond acceptors (Lipinski definition) is 3. The minimum atomic E-state index is -1.06. The van der Waals surface area contributed by atoms with Crippen molar-refractivity contribution in [3.8, 4) is 0 Å². The first-order valence-corrected chi connectivity index (χ1v) is 4.11. The highest BCUT2D eigenvalue weighted by molar-refractivity contribution is 5.85. The van der Waals surface area contributed by atoms with E-state index in [2.05, 4.69) is 4.74 Å². The van der Waals surface area contributed by atoms with Gasteiger partial charge >= 0.3 is 12.1 Å². The van der Waals surface area contributed by atoms with Crippen LogP contribution in [0.15, 0.2) is 0 Å². The van der Waals surface area contributed by atoms with Gasteiger partial charge in [-0.2, -0.15) is 0 Å². The fourth-order valence-electron chi connectivity index (χ4n) is 1.70. The summed E-state index contributed by atoms with van der Waals surface area (Å²) in [5.74, 6) is -0.479. The standard InChI is InChI=1S/C8H13NO4/c1-8(6(10)13-2)4-3-5-9(8)7(11)12/h3-5H2,1-2H3,(H,11,12). The molecule has 0 aromatic heterocycles. The van der Waals surface area contributed by atoms with E-state index < -0.39 is 17.6 Å². The number of esters is 1. The third kappa shape index (κ3) is 1.46. The van der Waals surface area contributed by atoms with E-state index in [9.17, 15) is 9.59 Å². The van der Waals surface area contributed by atoms with Gasteiger partial charge < -0.3 is 9.84 Å². The molecule has 74 valence electrons. The topological polar surface area (TPSA) is 66.8 Å². The molecule has 0 aromatic rings. The quantitative estimate of drug-likeness (QED) is 0.613. The van der Waals surface area contributed by atoms with Crippen LogP contribution < -0.4 is 0 Å². The van der Waals surface area contributed by atoms with E-state index in [1.54, 1.807) is 6.92 Å². The van der Waals surface area contributed by atoms with Crippen molar-refractivity contribution in [3.63, 3.8) is 0 Å². The van der Waals surface area contributed by atoms with Crippen LogP contribution in [0.2, 0.25) is 0 Å². The first-order chi connectivity index (χ1) is 6.02. The second kappa shape index (κ2) is 3.24. The van der Waals surface area contributed by atoms with Gasteiger partial charge in [-0.3, -0.25) is 4.90 Å². The number of methoxy groups -OCH3 is 1. The molecule has 1 saturated heterocycles. The van der Waals surface area contributed by atoms with Gasteiger partial charge in [-0.1, -0.05) is 0 Å². The van der Waals surface area contributed by atoms with Crippen LogP contribution >= 0.6 is 0 Å². The molecule has 1 aliphatic rings. The summed E-state index contributed by atoms with van der Waals surface area (Å²) < 4.78 is 4.57. The van der Waals surface area contributed by atoms with Gasteiger partial charge in [0, 0.05) is 6.54 Å². The summed E-state index contributed by atoms with van der Waals surface area (Å²) in [6.07, 6.45) is 0.176. The monoisotopic (exact) mass is 187 g/mol. The first-order valence-electron chi connectivity index (χ1n) is 4.11. The number of carbonyl (C=O) groups is 2.